The number of rotatable bonds is 3. The van der Waals surface area contributed by atoms with Crippen molar-refractivity contribution in [2.75, 3.05) is 31.1 Å². The number of likely N-dealkylation sites (tertiary alicyclic amines) is 1. The van der Waals surface area contributed by atoms with E-state index in [2.05, 4.69) is 56.4 Å². The molecule has 0 spiro atoms. The Morgan fingerprint density at radius 2 is 1.67 bits per heavy atom. The van der Waals surface area contributed by atoms with E-state index in [-0.39, 0.29) is 0 Å². The lowest BCUT2D eigenvalue weighted by molar-refractivity contribution is 0.309. The number of anilines is 1. The molecule has 0 radical (unpaired) electrons. The Morgan fingerprint density at radius 3 is 2.33 bits per heavy atom. The van der Waals surface area contributed by atoms with E-state index in [9.17, 15) is 0 Å². The van der Waals surface area contributed by atoms with Gasteiger partial charge in [0.25, 0.3) is 0 Å². The molecule has 4 rings (SSSR count). The van der Waals surface area contributed by atoms with Gasteiger partial charge in [-0.2, -0.15) is 5.10 Å². The lowest BCUT2D eigenvalue weighted by Crippen LogP contribution is -2.29. The van der Waals surface area contributed by atoms with Gasteiger partial charge < -0.3 is 4.90 Å². The zero-order valence-corrected chi connectivity index (χ0v) is 12.1. The molecule has 3 heterocycles. The summed E-state index contributed by atoms with van der Waals surface area (Å²) in [5, 5.41) is 8.23. The van der Waals surface area contributed by atoms with Crippen LogP contribution in [0.4, 0.5) is 5.82 Å². The summed E-state index contributed by atoms with van der Waals surface area (Å²) in [6, 6.07) is 14.8. The van der Waals surface area contributed by atoms with E-state index < -0.39 is 0 Å². The summed E-state index contributed by atoms with van der Waals surface area (Å²) in [7, 11) is 0. The molecule has 2 aliphatic heterocycles. The van der Waals surface area contributed by atoms with Crippen LogP contribution in [0.25, 0.3) is 0 Å². The van der Waals surface area contributed by atoms with Crippen LogP contribution in [0.15, 0.2) is 48.7 Å². The van der Waals surface area contributed by atoms with E-state index in [1.165, 1.54) is 18.7 Å². The minimum Gasteiger partial charge on any atom is -0.354 e. The molecule has 108 valence electrons. The Kier molecular flexibility index (Phi) is 3.31. The van der Waals surface area contributed by atoms with E-state index in [1.54, 1.807) is 6.20 Å². The Bertz CT molecular complexity index is 572. The molecule has 4 heteroatoms. The molecule has 0 aliphatic carbocycles. The Labute approximate surface area is 125 Å². The minimum atomic E-state index is 0.774. The number of nitrogens with zero attached hydrogens (tertiary/aromatic N) is 4. The first kappa shape index (κ1) is 12.8. The van der Waals surface area contributed by atoms with Crippen LogP contribution in [0.2, 0.25) is 0 Å². The van der Waals surface area contributed by atoms with Gasteiger partial charge in [0.2, 0.25) is 0 Å². The third-order valence-electron chi connectivity index (χ3n) is 4.69. The number of hydrogen-bond donors (Lipinski definition) is 0. The summed E-state index contributed by atoms with van der Waals surface area (Å²) in [6.45, 7) is 5.73. The van der Waals surface area contributed by atoms with E-state index >= 15 is 0 Å². The fourth-order valence-corrected chi connectivity index (χ4v) is 3.71. The summed E-state index contributed by atoms with van der Waals surface area (Å²) < 4.78 is 0. The summed E-state index contributed by atoms with van der Waals surface area (Å²) in [5.74, 6) is 2.58. The summed E-state index contributed by atoms with van der Waals surface area (Å²) >= 11 is 0. The van der Waals surface area contributed by atoms with E-state index in [1.807, 2.05) is 6.07 Å². The quantitative estimate of drug-likeness (QED) is 0.861. The molecular weight excluding hydrogens is 260 g/mol. The van der Waals surface area contributed by atoms with Crippen molar-refractivity contribution in [1.29, 1.82) is 0 Å². The summed E-state index contributed by atoms with van der Waals surface area (Å²) in [6.07, 6.45) is 1.74. The zero-order chi connectivity index (χ0) is 14.1. The highest BCUT2D eigenvalue weighted by molar-refractivity contribution is 5.38. The molecule has 2 saturated heterocycles. The predicted octanol–water partition coefficient (Wildman–Crippen LogP) is 2.04. The molecule has 2 aromatic rings. The van der Waals surface area contributed by atoms with Crippen molar-refractivity contribution in [2.24, 2.45) is 11.8 Å². The normalized spacial score (nSPS) is 25.2. The molecule has 0 amide bonds. The first-order chi connectivity index (χ1) is 10.4. The number of fused-ring (bicyclic) bond motifs is 1. The van der Waals surface area contributed by atoms with Crippen molar-refractivity contribution < 1.29 is 0 Å². The van der Waals surface area contributed by atoms with Gasteiger partial charge in [0.15, 0.2) is 5.82 Å². The van der Waals surface area contributed by atoms with Crippen molar-refractivity contribution in [3.63, 3.8) is 0 Å². The van der Waals surface area contributed by atoms with Gasteiger partial charge >= 0.3 is 0 Å². The van der Waals surface area contributed by atoms with Crippen LogP contribution < -0.4 is 4.90 Å². The summed E-state index contributed by atoms with van der Waals surface area (Å²) in [4.78, 5) is 4.99. The van der Waals surface area contributed by atoms with Crippen LogP contribution in [-0.4, -0.2) is 41.3 Å². The SMILES string of the molecule is c1ccc(CN2C[C@@H]3CN(c4cccnn4)C[C@H]3C2)cc1. The van der Waals surface area contributed by atoms with Crippen molar-refractivity contribution in [3.8, 4) is 0 Å². The third kappa shape index (κ3) is 2.63. The van der Waals surface area contributed by atoms with Crippen LogP contribution in [0.1, 0.15) is 5.56 Å². The van der Waals surface area contributed by atoms with Gasteiger partial charge in [-0.3, -0.25) is 4.90 Å². The molecule has 0 saturated carbocycles. The molecule has 1 aromatic heterocycles. The number of aromatic nitrogens is 2. The van der Waals surface area contributed by atoms with Gasteiger partial charge in [0, 0.05) is 38.9 Å². The second-order valence-corrected chi connectivity index (χ2v) is 6.19. The zero-order valence-electron chi connectivity index (χ0n) is 12.1. The molecule has 4 nitrogen and oxygen atoms in total. The molecule has 0 N–H and O–H groups in total. The number of hydrogen-bond acceptors (Lipinski definition) is 4. The van der Waals surface area contributed by atoms with E-state index in [0.717, 1.165) is 37.3 Å². The second-order valence-electron chi connectivity index (χ2n) is 6.19. The van der Waals surface area contributed by atoms with E-state index in [0.29, 0.717) is 0 Å². The monoisotopic (exact) mass is 280 g/mol. The smallest absolute Gasteiger partial charge is 0.151 e. The lowest BCUT2D eigenvalue weighted by Gasteiger charge is -2.21. The average Bonchev–Trinajstić information content (AvgIpc) is 3.07. The van der Waals surface area contributed by atoms with Crippen molar-refractivity contribution in [1.82, 2.24) is 15.1 Å². The lowest BCUT2D eigenvalue weighted by atomic mass is 10.0. The van der Waals surface area contributed by atoms with Gasteiger partial charge in [-0.15, -0.1) is 5.10 Å². The van der Waals surface area contributed by atoms with Gasteiger partial charge in [0.1, 0.15) is 0 Å². The first-order valence-corrected chi connectivity index (χ1v) is 7.67. The van der Waals surface area contributed by atoms with Crippen molar-refractivity contribution >= 4 is 5.82 Å². The Morgan fingerprint density at radius 1 is 0.905 bits per heavy atom. The maximum atomic E-state index is 4.24. The van der Waals surface area contributed by atoms with Crippen LogP contribution in [-0.2, 0) is 6.54 Å². The molecule has 0 bridgehead atoms. The minimum absolute atomic E-state index is 0.774. The van der Waals surface area contributed by atoms with Gasteiger partial charge in [0.05, 0.1) is 0 Å². The molecule has 0 unspecified atom stereocenters. The van der Waals surface area contributed by atoms with Crippen LogP contribution in [0.3, 0.4) is 0 Å². The van der Waals surface area contributed by atoms with E-state index in [4.69, 9.17) is 0 Å². The number of benzene rings is 1. The maximum absolute atomic E-state index is 4.24. The average molecular weight is 280 g/mol. The predicted molar refractivity (Wildman–Crippen MR) is 82.9 cm³/mol. The highest BCUT2D eigenvalue weighted by atomic mass is 15.3. The largest absolute Gasteiger partial charge is 0.354 e. The fraction of sp³-hybridized carbons (Fsp3) is 0.412. The van der Waals surface area contributed by atoms with Gasteiger partial charge in [-0.05, 0) is 29.5 Å². The molecule has 21 heavy (non-hydrogen) atoms. The molecule has 2 atom stereocenters. The molecule has 2 fully saturated rings. The van der Waals surface area contributed by atoms with Crippen LogP contribution >= 0.6 is 0 Å². The fourth-order valence-electron chi connectivity index (χ4n) is 3.71. The van der Waals surface area contributed by atoms with Gasteiger partial charge in [-0.25, -0.2) is 0 Å². The molecule has 2 aliphatic rings. The van der Waals surface area contributed by atoms with Crippen LogP contribution in [0, 0.1) is 11.8 Å². The molecular formula is C17H20N4. The Balaban J connectivity index is 1.37. The highest BCUT2D eigenvalue weighted by Crippen LogP contribution is 2.33. The maximum Gasteiger partial charge on any atom is 0.151 e. The Hall–Kier alpha value is -1.94. The highest BCUT2D eigenvalue weighted by Gasteiger charge is 2.40. The molecule has 1 aromatic carbocycles. The third-order valence-corrected chi connectivity index (χ3v) is 4.69. The topological polar surface area (TPSA) is 32.3 Å². The summed E-state index contributed by atoms with van der Waals surface area (Å²) in [5.41, 5.74) is 1.42. The van der Waals surface area contributed by atoms with Crippen LogP contribution in [0.5, 0.6) is 0 Å². The second kappa shape index (κ2) is 5.45. The van der Waals surface area contributed by atoms with Gasteiger partial charge in [-0.1, -0.05) is 30.3 Å². The van der Waals surface area contributed by atoms with Crippen molar-refractivity contribution in [2.45, 2.75) is 6.54 Å². The van der Waals surface area contributed by atoms with Crippen molar-refractivity contribution in [3.05, 3.63) is 54.2 Å². The first-order valence-electron chi connectivity index (χ1n) is 7.67. The standard InChI is InChI=1S/C17H20N4/c1-2-5-14(6-3-1)9-20-10-15-12-21(13-16(15)11-20)17-7-4-8-18-19-17/h1-8,15-16H,9-13H2/t15-,16-/m1/s1.